The van der Waals surface area contributed by atoms with Gasteiger partial charge in [-0.25, -0.2) is 0 Å². The third kappa shape index (κ3) is 13.7. The lowest BCUT2D eigenvalue weighted by molar-refractivity contribution is -0.138. The zero-order valence-electron chi connectivity index (χ0n) is 30.5. The van der Waals surface area contributed by atoms with Gasteiger partial charge in [-0.05, 0) is 111 Å². The molecule has 6 rings (SSSR count). The summed E-state index contributed by atoms with van der Waals surface area (Å²) in [4.78, 5) is 34.9. The molecule has 2 aliphatic rings. The van der Waals surface area contributed by atoms with Crippen LogP contribution in [0.25, 0.3) is 0 Å². The van der Waals surface area contributed by atoms with E-state index < -0.39 is 11.9 Å². The van der Waals surface area contributed by atoms with Crippen molar-refractivity contribution in [3.63, 3.8) is 0 Å². The average molecular weight is 778 g/mol. The fourth-order valence-corrected chi connectivity index (χ4v) is 7.06. The van der Waals surface area contributed by atoms with Gasteiger partial charge in [0.05, 0.1) is 23.6 Å². The number of hydrogen-bond acceptors (Lipinski definition) is 8. The first-order valence-corrected chi connectivity index (χ1v) is 19.5. The van der Waals surface area contributed by atoms with E-state index >= 15 is 0 Å². The zero-order chi connectivity index (χ0) is 38.1. The van der Waals surface area contributed by atoms with Gasteiger partial charge in [0.2, 0.25) is 0 Å². The summed E-state index contributed by atoms with van der Waals surface area (Å²) in [5.74, 6) is -1.45. The maximum Gasteiger partial charge on any atom is 0.303 e. The van der Waals surface area contributed by atoms with Crippen molar-refractivity contribution in [2.45, 2.75) is 75.8 Å². The van der Waals surface area contributed by atoms with Gasteiger partial charge in [-0.3, -0.25) is 19.6 Å². The first kappa shape index (κ1) is 41.3. The van der Waals surface area contributed by atoms with Crippen LogP contribution in [0.5, 0.6) is 0 Å². The maximum atomic E-state index is 10.7. The predicted octanol–water partition coefficient (Wildman–Crippen LogP) is 8.34. The van der Waals surface area contributed by atoms with Crippen LogP contribution in [-0.2, 0) is 19.1 Å². The number of likely N-dealkylation sites (tertiary alicyclic amines) is 2. The number of aromatic nitrogens is 2. The van der Waals surface area contributed by atoms with Gasteiger partial charge in [0.15, 0.2) is 0 Å². The maximum absolute atomic E-state index is 10.7. The Balaban J connectivity index is 0.000000208. The van der Waals surface area contributed by atoms with Crippen LogP contribution in [0.4, 0.5) is 0 Å². The molecular weight excluding hydrogens is 727 g/mol. The highest BCUT2D eigenvalue weighted by Gasteiger charge is 2.27. The molecule has 0 aliphatic carbocycles. The molecule has 2 atom stereocenters. The Hall–Kier alpha value is -3.90. The molecule has 0 spiro atoms. The summed E-state index contributed by atoms with van der Waals surface area (Å²) in [6, 6.07) is 27.2. The highest BCUT2D eigenvalue weighted by atomic mass is 35.5. The summed E-state index contributed by atoms with van der Waals surface area (Å²) in [5, 5.41) is 18.9. The molecule has 2 N–H and O–H groups in total. The second-order valence-electron chi connectivity index (χ2n) is 13.7. The summed E-state index contributed by atoms with van der Waals surface area (Å²) < 4.78 is 12.9. The summed E-state index contributed by atoms with van der Waals surface area (Å²) in [5.41, 5.74) is 3.87. The Morgan fingerprint density at radius 1 is 0.611 bits per heavy atom. The van der Waals surface area contributed by atoms with Crippen LogP contribution in [0.1, 0.15) is 86.1 Å². The van der Waals surface area contributed by atoms with Gasteiger partial charge in [-0.1, -0.05) is 59.6 Å². The molecule has 0 amide bonds. The third-order valence-electron chi connectivity index (χ3n) is 9.71. The Labute approximate surface area is 328 Å². The number of nitrogens with zero attached hydrogens (tertiary/aromatic N) is 4. The average Bonchev–Trinajstić information content (AvgIpc) is 3.19. The molecule has 2 aromatic carbocycles. The van der Waals surface area contributed by atoms with E-state index in [2.05, 4.69) is 19.8 Å². The molecule has 4 heterocycles. The van der Waals surface area contributed by atoms with E-state index in [-0.39, 0.29) is 37.3 Å². The molecule has 0 radical (unpaired) electrons. The smallest absolute Gasteiger partial charge is 0.303 e. The lowest BCUT2D eigenvalue weighted by Gasteiger charge is -2.34. The molecule has 2 aromatic heterocycles. The molecule has 10 nitrogen and oxygen atoms in total. The van der Waals surface area contributed by atoms with Crippen molar-refractivity contribution in [3.8, 4) is 0 Å². The number of carbonyl (C=O) groups is 2. The number of rotatable bonds is 16. The van der Waals surface area contributed by atoms with Crippen LogP contribution in [0, 0.1) is 0 Å². The van der Waals surface area contributed by atoms with E-state index in [1.165, 1.54) is 0 Å². The number of carboxylic acids is 2. The zero-order valence-corrected chi connectivity index (χ0v) is 32.0. The number of pyridine rings is 2. The molecule has 0 unspecified atom stereocenters. The Kier molecular flexibility index (Phi) is 16.7. The minimum absolute atomic E-state index is 0.156. The van der Waals surface area contributed by atoms with E-state index in [9.17, 15) is 9.59 Å². The lowest BCUT2D eigenvalue weighted by atomic mass is 10.0. The van der Waals surface area contributed by atoms with Gasteiger partial charge in [-0.2, -0.15) is 0 Å². The van der Waals surface area contributed by atoms with E-state index in [0.29, 0.717) is 22.9 Å². The number of piperidine rings is 2. The second kappa shape index (κ2) is 21.9. The quantitative estimate of drug-likeness (QED) is 0.115. The van der Waals surface area contributed by atoms with Crippen LogP contribution in [0.3, 0.4) is 0 Å². The summed E-state index contributed by atoms with van der Waals surface area (Å²) in [7, 11) is 0. The summed E-state index contributed by atoms with van der Waals surface area (Å²) in [6.07, 6.45) is 9.04. The van der Waals surface area contributed by atoms with Crippen LogP contribution >= 0.6 is 23.2 Å². The van der Waals surface area contributed by atoms with E-state index in [1.54, 1.807) is 12.4 Å². The van der Waals surface area contributed by atoms with Gasteiger partial charge in [0, 0.05) is 61.5 Å². The number of halogens is 2. The molecule has 12 heteroatoms. The van der Waals surface area contributed by atoms with Gasteiger partial charge in [-0.15, -0.1) is 0 Å². The van der Waals surface area contributed by atoms with Gasteiger partial charge < -0.3 is 29.5 Å². The van der Waals surface area contributed by atoms with Gasteiger partial charge >= 0.3 is 11.9 Å². The SMILES string of the molecule is O=C(O)CCCN1CCC(O[C@@H](c2ccc(Cl)cc2)c2ccccn2)CC1.O=C(O)CCCN1CCC(O[C@@H](c2ccc(Cl)cc2)c2ccccn2)CC1. The van der Waals surface area contributed by atoms with Crippen LogP contribution < -0.4 is 0 Å². The Morgan fingerprint density at radius 3 is 1.30 bits per heavy atom. The van der Waals surface area contributed by atoms with Crippen LogP contribution in [0.2, 0.25) is 10.0 Å². The standard InChI is InChI=1S/2C21H25ClN2O3/c2*22-17-8-6-16(7-9-17)21(19-4-1-2-12-23-19)27-18-10-14-24(15-11-18)13-3-5-20(25)26/h2*1-2,4,6-9,12,18,21H,3,5,10-11,13-15H2,(H,25,26)/t2*21-/m00/s1. The molecule has 0 bridgehead atoms. The fraction of sp³-hybridized carbons (Fsp3) is 0.429. The predicted molar refractivity (Wildman–Crippen MR) is 210 cm³/mol. The van der Waals surface area contributed by atoms with Crippen molar-refractivity contribution < 1.29 is 29.3 Å². The van der Waals surface area contributed by atoms with Gasteiger partial charge in [0.25, 0.3) is 0 Å². The molecule has 0 saturated carbocycles. The molecule has 4 aromatic rings. The monoisotopic (exact) mass is 776 g/mol. The van der Waals surface area contributed by atoms with Crippen molar-refractivity contribution >= 4 is 35.1 Å². The minimum Gasteiger partial charge on any atom is -0.481 e. The fourth-order valence-electron chi connectivity index (χ4n) is 6.81. The first-order valence-electron chi connectivity index (χ1n) is 18.8. The van der Waals surface area contributed by atoms with Crippen LogP contribution in [-0.4, -0.2) is 93.4 Å². The van der Waals surface area contributed by atoms with Crippen molar-refractivity contribution in [3.05, 3.63) is 130 Å². The Morgan fingerprint density at radius 2 is 0.981 bits per heavy atom. The van der Waals surface area contributed by atoms with Gasteiger partial charge in [0.1, 0.15) is 12.2 Å². The number of ether oxygens (including phenoxy) is 2. The third-order valence-corrected chi connectivity index (χ3v) is 10.2. The number of aliphatic carboxylic acids is 2. The van der Waals surface area contributed by atoms with Crippen molar-refractivity contribution in [2.24, 2.45) is 0 Å². The number of benzene rings is 2. The highest BCUT2D eigenvalue weighted by Crippen LogP contribution is 2.31. The second-order valence-corrected chi connectivity index (χ2v) is 14.6. The van der Waals surface area contributed by atoms with Crippen molar-refractivity contribution in [1.29, 1.82) is 0 Å². The van der Waals surface area contributed by atoms with Crippen LogP contribution in [0.15, 0.2) is 97.3 Å². The molecular formula is C42H50Cl2N4O6. The lowest BCUT2D eigenvalue weighted by Crippen LogP contribution is -2.38. The molecule has 54 heavy (non-hydrogen) atoms. The minimum atomic E-state index is -0.727. The van der Waals surface area contributed by atoms with E-state index in [4.69, 9.17) is 42.9 Å². The highest BCUT2D eigenvalue weighted by molar-refractivity contribution is 6.30. The molecule has 2 fully saturated rings. The number of hydrogen-bond donors (Lipinski definition) is 2. The Bertz CT molecular complexity index is 1560. The van der Waals surface area contributed by atoms with E-state index in [1.807, 2.05) is 84.9 Å². The summed E-state index contributed by atoms with van der Waals surface area (Å²) >= 11 is 12.1. The number of carboxylic acid groups (broad SMARTS) is 2. The largest absolute Gasteiger partial charge is 0.481 e. The molecule has 2 saturated heterocycles. The molecule has 288 valence electrons. The van der Waals surface area contributed by atoms with E-state index in [0.717, 1.165) is 87.5 Å². The normalized spacial score (nSPS) is 16.9. The first-order chi connectivity index (χ1) is 26.2. The van der Waals surface area contributed by atoms with Crippen molar-refractivity contribution in [1.82, 2.24) is 19.8 Å². The van der Waals surface area contributed by atoms with Crippen molar-refractivity contribution in [2.75, 3.05) is 39.3 Å². The molecule has 2 aliphatic heterocycles. The summed E-state index contributed by atoms with van der Waals surface area (Å²) in [6.45, 7) is 5.39. The topological polar surface area (TPSA) is 125 Å².